The van der Waals surface area contributed by atoms with Crippen molar-refractivity contribution in [3.8, 4) is 33.4 Å². The van der Waals surface area contributed by atoms with Crippen LogP contribution in [0, 0.1) is 13.8 Å². The van der Waals surface area contributed by atoms with Gasteiger partial charge in [0.15, 0.2) is 0 Å². The van der Waals surface area contributed by atoms with E-state index in [-0.39, 0.29) is 0 Å². The second-order valence-electron chi connectivity index (χ2n) is 12.6. The van der Waals surface area contributed by atoms with Crippen LogP contribution >= 0.6 is 0 Å². The van der Waals surface area contributed by atoms with Crippen molar-refractivity contribution < 1.29 is 0 Å². The van der Waals surface area contributed by atoms with Crippen LogP contribution in [0.2, 0.25) is 0 Å². The Kier molecular flexibility index (Phi) is 7.68. The van der Waals surface area contributed by atoms with Crippen molar-refractivity contribution >= 4 is 44.3 Å². The van der Waals surface area contributed by atoms with E-state index in [2.05, 4.69) is 194 Å². The van der Waals surface area contributed by atoms with Crippen LogP contribution in [-0.2, 0) is 0 Å². The molecule has 0 aromatic heterocycles. The highest BCUT2D eigenvalue weighted by molar-refractivity contribution is 6.04. The summed E-state index contributed by atoms with van der Waals surface area (Å²) in [6.07, 6.45) is 0. The van der Waals surface area contributed by atoms with Crippen LogP contribution in [0.1, 0.15) is 11.1 Å². The van der Waals surface area contributed by atoms with Crippen LogP contribution in [0.4, 0.5) is 22.7 Å². The summed E-state index contributed by atoms with van der Waals surface area (Å²) in [5, 5.41) is 12.3. The largest absolute Gasteiger partial charge is 0.356 e. The lowest BCUT2D eigenvalue weighted by atomic mass is 9.85. The molecule has 0 heterocycles. The summed E-state index contributed by atoms with van der Waals surface area (Å²) in [5.74, 6) is 0. The molecule has 2 nitrogen and oxygen atoms in total. The van der Waals surface area contributed by atoms with Crippen LogP contribution in [0.25, 0.3) is 54.9 Å². The summed E-state index contributed by atoms with van der Waals surface area (Å²) < 4.78 is 0. The first-order valence-electron chi connectivity index (χ1n) is 16.5. The van der Waals surface area contributed by atoms with Gasteiger partial charge in [0.1, 0.15) is 0 Å². The van der Waals surface area contributed by atoms with Crippen molar-refractivity contribution in [3.05, 3.63) is 181 Å². The average molecular weight is 617 g/mol. The molecule has 0 amide bonds. The molecule has 8 rings (SSSR count). The Balaban J connectivity index is 1.35. The Morgan fingerprint density at radius 2 is 0.854 bits per heavy atom. The minimum absolute atomic E-state index is 1.06. The van der Waals surface area contributed by atoms with E-state index in [1.807, 2.05) is 0 Å². The first kappa shape index (κ1) is 29.3. The van der Waals surface area contributed by atoms with E-state index in [0.717, 1.165) is 28.3 Å². The molecule has 48 heavy (non-hydrogen) atoms. The van der Waals surface area contributed by atoms with Gasteiger partial charge < -0.3 is 10.6 Å². The number of rotatable bonds is 7. The van der Waals surface area contributed by atoms with Crippen molar-refractivity contribution in [1.29, 1.82) is 0 Å². The molecule has 0 bridgehead atoms. The first-order valence-corrected chi connectivity index (χ1v) is 16.5. The topological polar surface area (TPSA) is 24.1 Å². The van der Waals surface area contributed by atoms with Gasteiger partial charge in [-0.15, -0.1) is 0 Å². The third-order valence-electron chi connectivity index (χ3n) is 9.08. The summed E-state index contributed by atoms with van der Waals surface area (Å²) >= 11 is 0. The van der Waals surface area contributed by atoms with Gasteiger partial charge >= 0.3 is 0 Å². The Morgan fingerprint density at radius 3 is 1.44 bits per heavy atom. The Labute approximate surface area is 282 Å². The van der Waals surface area contributed by atoms with Crippen molar-refractivity contribution in [3.63, 3.8) is 0 Å². The van der Waals surface area contributed by atoms with Gasteiger partial charge in [-0.25, -0.2) is 0 Å². The van der Waals surface area contributed by atoms with Crippen LogP contribution < -0.4 is 10.6 Å². The molecule has 230 valence electrons. The summed E-state index contributed by atoms with van der Waals surface area (Å²) in [4.78, 5) is 0. The molecule has 0 saturated heterocycles. The standard InChI is InChI=1S/C46H36N2/c1-31-9-7-15-41(27-31)47-40-23-21-35(22-24-40)43-25-26-44(48-42-16-8-10-32(2)28-42)46(39-20-18-34-12-4-6-14-37(34)30-39)45(43)38-19-17-33-11-3-5-13-36(33)29-38/h3-30,47-48H,1-2H3. The summed E-state index contributed by atoms with van der Waals surface area (Å²) in [6.45, 7) is 4.25. The Morgan fingerprint density at radius 1 is 0.333 bits per heavy atom. The molecule has 0 aliphatic rings. The highest BCUT2D eigenvalue weighted by Gasteiger charge is 2.20. The van der Waals surface area contributed by atoms with E-state index in [4.69, 9.17) is 0 Å². The molecule has 0 atom stereocenters. The van der Waals surface area contributed by atoms with Crippen molar-refractivity contribution in [2.75, 3.05) is 10.6 Å². The lowest BCUT2D eigenvalue weighted by Crippen LogP contribution is -1.99. The van der Waals surface area contributed by atoms with E-state index in [1.165, 1.54) is 60.5 Å². The number of nitrogens with one attached hydrogen (secondary N) is 2. The molecule has 8 aromatic rings. The number of hydrogen-bond donors (Lipinski definition) is 2. The van der Waals surface area contributed by atoms with Gasteiger partial charge in [-0.2, -0.15) is 0 Å². The van der Waals surface area contributed by atoms with Crippen LogP contribution in [-0.4, -0.2) is 0 Å². The predicted octanol–water partition coefficient (Wildman–Crippen LogP) is 13.1. The van der Waals surface area contributed by atoms with Gasteiger partial charge in [0, 0.05) is 28.3 Å². The third kappa shape index (κ3) is 5.92. The molecule has 0 saturated carbocycles. The number of hydrogen-bond acceptors (Lipinski definition) is 2. The Hall–Kier alpha value is -6.12. The molecule has 2 N–H and O–H groups in total. The smallest absolute Gasteiger partial charge is 0.0470 e. The molecule has 0 spiro atoms. The van der Waals surface area contributed by atoms with Crippen LogP contribution in [0.3, 0.4) is 0 Å². The molecule has 0 aliphatic heterocycles. The zero-order chi connectivity index (χ0) is 32.5. The summed E-state index contributed by atoms with van der Waals surface area (Å²) in [5.41, 5.74) is 13.8. The fraction of sp³-hybridized carbons (Fsp3) is 0.0435. The number of anilines is 4. The molecule has 0 radical (unpaired) electrons. The lowest BCUT2D eigenvalue weighted by Gasteiger charge is -2.22. The molecule has 8 aromatic carbocycles. The Bertz CT molecular complexity index is 2420. The van der Waals surface area contributed by atoms with Gasteiger partial charge in [-0.1, -0.05) is 115 Å². The second kappa shape index (κ2) is 12.6. The summed E-state index contributed by atoms with van der Waals surface area (Å²) in [7, 11) is 0. The maximum absolute atomic E-state index is 3.82. The highest BCUT2D eigenvalue weighted by atomic mass is 14.9. The molecule has 0 fully saturated rings. The van der Waals surface area contributed by atoms with Crippen molar-refractivity contribution in [1.82, 2.24) is 0 Å². The van der Waals surface area contributed by atoms with Gasteiger partial charge in [0.25, 0.3) is 0 Å². The second-order valence-corrected chi connectivity index (χ2v) is 12.6. The summed E-state index contributed by atoms with van der Waals surface area (Å²) in [6, 6.07) is 61.3. The fourth-order valence-corrected chi connectivity index (χ4v) is 6.74. The highest BCUT2D eigenvalue weighted by Crippen LogP contribution is 2.46. The van der Waals surface area contributed by atoms with Crippen molar-refractivity contribution in [2.24, 2.45) is 0 Å². The molecule has 0 aliphatic carbocycles. The molecule has 2 heteroatoms. The minimum atomic E-state index is 1.06. The van der Waals surface area contributed by atoms with Gasteiger partial charge in [0.2, 0.25) is 0 Å². The van der Waals surface area contributed by atoms with Crippen LogP contribution in [0.15, 0.2) is 170 Å². The molecular formula is C46H36N2. The van der Waals surface area contributed by atoms with E-state index < -0.39 is 0 Å². The number of benzene rings is 8. The average Bonchev–Trinajstić information content (AvgIpc) is 3.11. The van der Waals surface area contributed by atoms with Crippen LogP contribution in [0.5, 0.6) is 0 Å². The maximum Gasteiger partial charge on any atom is 0.0470 e. The number of fused-ring (bicyclic) bond motifs is 2. The van der Waals surface area contributed by atoms with E-state index in [0.29, 0.717) is 0 Å². The zero-order valence-corrected chi connectivity index (χ0v) is 27.2. The fourth-order valence-electron chi connectivity index (χ4n) is 6.74. The van der Waals surface area contributed by atoms with E-state index in [9.17, 15) is 0 Å². The molecule has 0 unspecified atom stereocenters. The lowest BCUT2D eigenvalue weighted by molar-refractivity contribution is 1.44. The minimum Gasteiger partial charge on any atom is -0.356 e. The van der Waals surface area contributed by atoms with E-state index >= 15 is 0 Å². The molecular weight excluding hydrogens is 581 g/mol. The van der Waals surface area contributed by atoms with Crippen molar-refractivity contribution in [2.45, 2.75) is 13.8 Å². The van der Waals surface area contributed by atoms with Gasteiger partial charge in [0.05, 0.1) is 0 Å². The normalized spacial score (nSPS) is 11.1. The quantitative estimate of drug-likeness (QED) is 0.186. The van der Waals surface area contributed by atoms with Gasteiger partial charge in [-0.3, -0.25) is 0 Å². The predicted molar refractivity (Wildman–Crippen MR) is 207 cm³/mol. The zero-order valence-electron chi connectivity index (χ0n) is 27.2. The SMILES string of the molecule is Cc1cccc(Nc2ccc(-c3ccc(Nc4cccc(C)c4)c(-c4ccc5ccccc5c4)c3-c3ccc4ccccc4c3)cc2)c1. The third-order valence-corrected chi connectivity index (χ3v) is 9.08. The number of aryl methyl sites for hydroxylation is 2. The van der Waals surface area contributed by atoms with Gasteiger partial charge in [-0.05, 0) is 129 Å². The monoisotopic (exact) mass is 616 g/mol. The first-order chi connectivity index (χ1) is 23.6. The van der Waals surface area contributed by atoms with E-state index in [1.54, 1.807) is 0 Å². The maximum atomic E-state index is 3.82.